The number of ether oxygens (including phenoxy) is 1. The SMILES string of the molecule is COC(=O)C(F)C[Se]c1ccccc1. The number of carbonyl (C=O) groups excluding carboxylic acids is 1. The Morgan fingerprint density at radius 3 is 2.71 bits per heavy atom. The van der Waals surface area contributed by atoms with E-state index in [1.165, 1.54) is 7.11 Å². The second kappa shape index (κ2) is 5.78. The van der Waals surface area contributed by atoms with Crippen LogP contribution in [-0.2, 0) is 9.53 Å². The fraction of sp³-hybridized carbons (Fsp3) is 0.300. The third-order valence-electron chi connectivity index (χ3n) is 1.60. The Bertz CT molecular complexity index is 289. The van der Waals surface area contributed by atoms with Gasteiger partial charge in [-0.2, -0.15) is 0 Å². The molecule has 0 fully saturated rings. The van der Waals surface area contributed by atoms with Gasteiger partial charge in [0.2, 0.25) is 0 Å². The second-order valence-corrected chi connectivity index (χ2v) is 4.91. The molecule has 0 aromatic heterocycles. The zero-order valence-electron chi connectivity index (χ0n) is 7.77. The molecule has 0 aliphatic rings. The Morgan fingerprint density at radius 1 is 1.50 bits per heavy atom. The fourth-order valence-electron chi connectivity index (χ4n) is 0.882. The number of carbonyl (C=O) groups is 1. The van der Waals surface area contributed by atoms with Crippen LogP contribution >= 0.6 is 0 Å². The summed E-state index contributed by atoms with van der Waals surface area (Å²) in [5.41, 5.74) is 0. The predicted octanol–water partition coefficient (Wildman–Crippen LogP) is 0.945. The number of esters is 1. The van der Waals surface area contributed by atoms with Crippen molar-refractivity contribution in [2.75, 3.05) is 7.11 Å². The van der Waals surface area contributed by atoms with Gasteiger partial charge in [-0.05, 0) is 0 Å². The standard InChI is InChI=1S/C10H11FO2Se/c1-13-10(12)9(11)7-14-8-5-3-2-4-6-8/h2-6,9H,7H2,1H3. The molecule has 0 amide bonds. The summed E-state index contributed by atoms with van der Waals surface area (Å²) in [5.74, 6) is -0.775. The predicted molar refractivity (Wildman–Crippen MR) is 53.5 cm³/mol. The van der Waals surface area contributed by atoms with Crippen molar-refractivity contribution in [1.29, 1.82) is 0 Å². The van der Waals surface area contributed by atoms with Gasteiger partial charge in [-0.15, -0.1) is 0 Å². The van der Waals surface area contributed by atoms with Crippen molar-refractivity contribution >= 4 is 25.4 Å². The minimum absolute atomic E-state index is 0.00509. The van der Waals surface area contributed by atoms with Crippen LogP contribution in [0.25, 0.3) is 0 Å². The molecular formula is C10H11FO2Se. The van der Waals surface area contributed by atoms with Crippen LogP contribution in [0.5, 0.6) is 0 Å². The van der Waals surface area contributed by atoms with Gasteiger partial charge in [-0.3, -0.25) is 0 Å². The molecule has 0 aliphatic carbocycles. The van der Waals surface area contributed by atoms with E-state index in [2.05, 4.69) is 4.74 Å². The maximum atomic E-state index is 13.0. The van der Waals surface area contributed by atoms with Gasteiger partial charge in [-0.1, -0.05) is 0 Å². The molecule has 0 bridgehead atoms. The van der Waals surface area contributed by atoms with Crippen LogP contribution in [0.4, 0.5) is 4.39 Å². The van der Waals surface area contributed by atoms with Crippen molar-refractivity contribution in [2.45, 2.75) is 11.5 Å². The monoisotopic (exact) mass is 262 g/mol. The third kappa shape index (κ3) is 3.48. The number of halogens is 1. The summed E-state index contributed by atoms with van der Waals surface area (Å²) >= 11 is -0.00509. The number of methoxy groups -OCH3 is 1. The van der Waals surface area contributed by atoms with E-state index in [1.807, 2.05) is 30.3 Å². The molecule has 4 heteroatoms. The van der Waals surface area contributed by atoms with Gasteiger partial charge in [0.05, 0.1) is 0 Å². The average Bonchev–Trinajstić information content (AvgIpc) is 2.26. The summed E-state index contributed by atoms with van der Waals surface area (Å²) in [7, 11) is 1.20. The number of rotatable bonds is 4. The zero-order chi connectivity index (χ0) is 10.4. The van der Waals surface area contributed by atoms with Crippen molar-refractivity contribution in [3.05, 3.63) is 30.3 Å². The first-order valence-corrected chi connectivity index (χ1v) is 6.20. The Kier molecular flexibility index (Phi) is 4.63. The molecule has 2 nitrogen and oxygen atoms in total. The Labute approximate surface area is 88.6 Å². The molecule has 0 heterocycles. The molecule has 0 spiro atoms. The molecule has 0 radical (unpaired) electrons. The van der Waals surface area contributed by atoms with Crippen LogP contribution in [0.2, 0.25) is 5.32 Å². The first kappa shape index (κ1) is 11.2. The van der Waals surface area contributed by atoms with Gasteiger partial charge in [0.15, 0.2) is 0 Å². The molecule has 1 aromatic rings. The van der Waals surface area contributed by atoms with E-state index in [0.717, 1.165) is 4.46 Å². The Morgan fingerprint density at radius 2 is 2.14 bits per heavy atom. The van der Waals surface area contributed by atoms with Crippen molar-refractivity contribution in [3.63, 3.8) is 0 Å². The fourth-order valence-corrected chi connectivity index (χ4v) is 2.61. The number of hydrogen-bond donors (Lipinski definition) is 0. The summed E-state index contributed by atoms with van der Waals surface area (Å²) in [6.07, 6.45) is -1.49. The van der Waals surface area contributed by atoms with Gasteiger partial charge < -0.3 is 0 Å². The molecule has 0 aliphatic heterocycles. The van der Waals surface area contributed by atoms with Crippen LogP contribution in [0.15, 0.2) is 30.3 Å². The molecular weight excluding hydrogens is 250 g/mol. The molecule has 0 saturated carbocycles. The van der Waals surface area contributed by atoms with Gasteiger partial charge in [0, 0.05) is 0 Å². The van der Waals surface area contributed by atoms with E-state index in [1.54, 1.807) is 0 Å². The normalized spacial score (nSPS) is 12.1. The Balaban J connectivity index is 2.38. The van der Waals surface area contributed by atoms with E-state index >= 15 is 0 Å². The van der Waals surface area contributed by atoms with E-state index in [9.17, 15) is 9.18 Å². The number of hydrogen-bond acceptors (Lipinski definition) is 2. The summed E-state index contributed by atoms with van der Waals surface area (Å²) in [6, 6.07) is 9.59. The molecule has 76 valence electrons. The van der Waals surface area contributed by atoms with Crippen LogP contribution in [0, 0.1) is 0 Å². The van der Waals surface area contributed by atoms with E-state index in [4.69, 9.17) is 0 Å². The quantitative estimate of drug-likeness (QED) is 0.595. The van der Waals surface area contributed by atoms with E-state index < -0.39 is 12.1 Å². The second-order valence-electron chi connectivity index (χ2n) is 2.61. The van der Waals surface area contributed by atoms with Gasteiger partial charge in [0.25, 0.3) is 0 Å². The third-order valence-corrected chi connectivity index (χ3v) is 3.83. The maximum absolute atomic E-state index is 13.0. The first-order chi connectivity index (χ1) is 6.74. The van der Waals surface area contributed by atoms with Gasteiger partial charge in [-0.25, -0.2) is 0 Å². The summed E-state index contributed by atoms with van der Waals surface area (Å²) in [5, 5.41) is 0.240. The molecule has 0 saturated heterocycles. The molecule has 1 rings (SSSR count). The van der Waals surface area contributed by atoms with Crippen molar-refractivity contribution in [2.24, 2.45) is 0 Å². The van der Waals surface area contributed by atoms with E-state index in [0.29, 0.717) is 0 Å². The summed E-state index contributed by atoms with van der Waals surface area (Å²) in [4.78, 5) is 10.7. The summed E-state index contributed by atoms with van der Waals surface area (Å²) < 4.78 is 18.4. The van der Waals surface area contributed by atoms with Crippen molar-refractivity contribution in [1.82, 2.24) is 0 Å². The van der Waals surface area contributed by atoms with Crippen LogP contribution in [-0.4, -0.2) is 34.2 Å². The van der Waals surface area contributed by atoms with Gasteiger partial charge >= 0.3 is 88.2 Å². The minimum atomic E-state index is -1.49. The molecule has 0 N–H and O–H groups in total. The van der Waals surface area contributed by atoms with Crippen LogP contribution in [0.3, 0.4) is 0 Å². The topological polar surface area (TPSA) is 26.3 Å². The molecule has 14 heavy (non-hydrogen) atoms. The molecule has 1 atom stereocenters. The average molecular weight is 261 g/mol. The van der Waals surface area contributed by atoms with Crippen LogP contribution < -0.4 is 4.46 Å². The van der Waals surface area contributed by atoms with Crippen molar-refractivity contribution in [3.8, 4) is 0 Å². The van der Waals surface area contributed by atoms with Crippen LogP contribution in [0.1, 0.15) is 0 Å². The number of alkyl halides is 1. The van der Waals surface area contributed by atoms with E-state index in [-0.39, 0.29) is 20.3 Å². The molecule has 1 unspecified atom stereocenters. The Hall–Kier alpha value is -0.861. The van der Waals surface area contributed by atoms with Gasteiger partial charge in [0.1, 0.15) is 0 Å². The summed E-state index contributed by atoms with van der Waals surface area (Å²) in [6.45, 7) is 0. The van der Waals surface area contributed by atoms with Crippen molar-refractivity contribution < 1.29 is 13.9 Å². The first-order valence-electron chi connectivity index (χ1n) is 4.14. The molecule has 1 aromatic carbocycles. The number of benzene rings is 1. The zero-order valence-corrected chi connectivity index (χ0v) is 9.49.